The second-order valence-electron chi connectivity index (χ2n) is 6.36. The largest absolute Gasteiger partial charge is 0.457 e. The van der Waals surface area contributed by atoms with Crippen molar-refractivity contribution in [1.29, 1.82) is 0 Å². The molecule has 0 N–H and O–H groups in total. The minimum absolute atomic E-state index is 0.0376. The van der Waals surface area contributed by atoms with E-state index < -0.39 is 5.97 Å². The molecule has 144 valence electrons. The van der Waals surface area contributed by atoms with Gasteiger partial charge in [0.2, 0.25) is 0 Å². The normalized spacial score (nSPS) is 12.8. The molecule has 0 aromatic heterocycles. The molecule has 0 saturated carbocycles. The third-order valence-corrected chi connectivity index (χ3v) is 5.25. The lowest BCUT2D eigenvalue weighted by atomic mass is 10.1. The van der Waals surface area contributed by atoms with Crippen LogP contribution in [0.25, 0.3) is 0 Å². The zero-order valence-corrected chi connectivity index (χ0v) is 16.4. The number of hydrogen-bond acceptors (Lipinski definition) is 4. The SMILES string of the molecule is O=C(OCc1ccc(Cl)c(Cl)c1)c1ccc(N2C(=O)c3ccccc3C2=O)cc1. The van der Waals surface area contributed by atoms with Crippen LogP contribution < -0.4 is 4.90 Å². The Balaban J connectivity index is 1.47. The van der Waals surface area contributed by atoms with Gasteiger partial charge < -0.3 is 4.74 Å². The third-order valence-electron chi connectivity index (χ3n) is 4.51. The maximum Gasteiger partial charge on any atom is 0.338 e. The number of hydrogen-bond donors (Lipinski definition) is 0. The van der Waals surface area contributed by atoms with Crippen LogP contribution in [0.5, 0.6) is 0 Å². The Kier molecular flexibility index (Phi) is 5.09. The summed E-state index contributed by atoms with van der Waals surface area (Å²) < 4.78 is 5.28. The zero-order valence-electron chi connectivity index (χ0n) is 14.9. The summed E-state index contributed by atoms with van der Waals surface area (Å²) in [4.78, 5) is 38.4. The van der Waals surface area contributed by atoms with E-state index in [1.165, 1.54) is 24.3 Å². The van der Waals surface area contributed by atoms with Gasteiger partial charge in [-0.2, -0.15) is 0 Å². The molecule has 1 heterocycles. The van der Waals surface area contributed by atoms with Crippen molar-refractivity contribution in [2.75, 3.05) is 4.90 Å². The van der Waals surface area contributed by atoms with Crippen LogP contribution in [-0.4, -0.2) is 17.8 Å². The Morgan fingerprint density at radius 3 is 2.03 bits per heavy atom. The number of carbonyl (C=O) groups is 3. The van der Waals surface area contributed by atoms with E-state index in [9.17, 15) is 14.4 Å². The van der Waals surface area contributed by atoms with Crippen molar-refractivity contribution in [2.24, 2.45) is 0 Å². The van der Waals surface area contributed by atoms with Gasteiger partial charge in [-0.05, 0) is 54.1 Å². The molecule has 4 rings (SSSR count). The summed E-state index contributed by atoms with van der Waals surface area (Å²) in [5.41, 5.74) is 2.11. The van der Waals surface area contributed by atoms with E-state index in [0.29, 0.717) is 38.0 Å². The third kappa shape index (κ3) is 3.62. The summed E-state index contributed by atoms with van der Waals surface area (Å²) in [5, 5.41) is 0.802. The summed E-state index contributed by atoms with van der Waals surface area (Å²) in [6.45, 7) is 0.0376. The van der Waals surface area contributed by atoms with Crippen LogP contribution in [0.2, 0.25) is 10.0 Å². The molecule has 0 unspecified atom stereocenters. The second kappa shape index (κ2) is 7.70. The van der Waals surface area contributed by atoms with Crippen LogP contribution in [0.1, 0.15) is 36.6 Å². The molecule has 5 nitrogen and oxygen atoms in total. The topological polar surface area (TPSA) is 63.7 Å². The van der Waals surface area contributed by atoms with E-state index in [-0.39, 0.29) is 18.4 Å². The van der Waals surface area contributed by atoms with Gasteiger partial charge in [-0.25, -0.2) is 9.69 Å². The van der Waals surface area contributed by atoms with E-state index in [0.717, 1.165) is 4.90 Å². The predicted molar refractivity (Wildman–Crippen MR) is 110 cm³/mol. The molecule has 29 heavy (non-hydrogen) atoms. The second-order valence-corrected chi connectivity index (χ2v) is 7.18. The molecule has 7 heteroatoms. The average Bonchev–Trinajstić information content (AvgIpc) is 2.99. The van der Waals surface area contributed by atoms with Gasteiger partial charge in [0.25, 0.3) is 11.8 Å². The minimum atomic E-state index is -0.537. The molecular formula is C22H13Cl2NO4. The lowest BCUT2D eigenvalue weighted by molar-refractivity contribution is 0.0472. The van der Waals surface area contributed by atoms with Gasteiger partial charge >= 0.3 is 5.97 Å². The molecule has 0 spiro atoms. The number of amides is 2. The Morgan fingerprint density at radius 2 is 1.45 bits per heavy atom. The van der Waals surface area contributed by atoms with Crippen molar-refractivity contribution in [3.63, 3.8) is 0 Å². The maximum atomic E-state index is 12.5. The number of esters is 1. The Labute approximate surface area is 176 Å². The van der Waals surface area contributed by atoms with Crippen LogP contribution >= 0.6 is 23.2 Å². The number of imide groups is 1. The molecule has 0 bridgehead atoms. The fourth-order valence-electron chi connectivity index (χ4n) is 3.03. The number of fused-ring (bicyclic) bond motifs is 1. The van der Waals surface area contributed by atoms with Crippen molar-refractivity contribution in [3.8, 4) is 0 Å². The molecule has 0 aliphatic carbocycles. The lowest BCUT2D eigenvalue weighted by Gasteiger charge is -2.14. The predicted octanol–water partition coefficient (Wildman–Crippen LogP) is 5.15. The summed E-state index contributed by atoms with van der Waals surface area (Å²) in [7, 11) is 0. The highest BCUT2D eigenvalue weighted by atomic mass is 35.5. The number of ether oxygens (including phenoxy) is 1. The maximum absolute atomic E-state index is 12.5. The lowest BCUT2D eigenvalue weighted by Crippen LogP contribution is -2.29. The van der Waals surface area contributed by atoms with Gasteiger partial charge in [-0.1, -0.05) is 41.4 Å². The van der Waals surface area contributed by atoms with Crippen molar-refractivity contribution in [3.05, 3.63) is 99.0 Å². The highest BCUT2D eigenvalue weighted by Gasteiger charge is 2.36. The quantitative estimate of drug-likeness (QED) is 0.428. The highest BCUT2D eigenvalue weighted by Crippen LogP contribution is 2.28. The molecular weight excluding hydrogens is 413 g/mol. The first-order chi connectivity index (χ1) is 14.0. The van der Waals surface area contributed by atoms with Gasteiger partial charge in [0.05, 0.1) is 32.4 Å². The number of nitrogens with zero attached hydrogens (tertiary/aromatic N) is 1. The van der Waals surface area contributed by atoms with Crippen molar-refractivity contribution in [2.45, 2.75) is 6.61 Å². The fourth-order valence-corrected chi connectivity index (χ4v) is 3.35. The van der Waals surface area contributed by atoms with Gasteiger partial charge in [0.15, 0.2) is 0 Å². The van der Waals surface area contributed by atoms with E-state index in [4.69, 9.17) is 27.9 Å². The van der Waals surface area contributed by atoms with E-state index >= 15 is 0 Å². The van der Waals surface area contributed by atoms with E-state index in [1.807, 2.05) is 0 Å². The molecule has 0 radical (unpaired) electrons. The zero-order chi connectivity index (χ0) is 20.5. The number of benzene rings is 3. The first-order valence-electron chi connectivity index (χ1n) is 8.64. The standard InChI is InChI=1S/C22H13Cl2NO4/c23-18-10-5-13(11-19(18)24)12-29-22(28)14-6-8-15(9-7-14)25-20(26)16-3-1-2-4-17(16)21(25)27/h1-11H,12H2. The van der Waals surface area contributed by atoms with E-state index in [2.05, 4.69) is 0 Å². The van der Waals surface area contributed by atoms with Crippen LogP contribution in [-0.2, 0) is 11.3 Å². The number of rotatable bonds is 4. The average molecular weight is 426 g/mol. The van der Waals surface area contributed by atoms with Crippen molar-refractivity contribution in [1.82, 2.24) is 0 Å². The fraction of sp³-hybridized carbons (Fsp3) is 0.0455. The van der Waals surface area contributed by atoms with Gasteiger partial charge in [-0.15, -0.1) is 0 Å². The van der Waals surface area contributed by atoms with Crippen LogP contribution in [0, 0.1) is 0 Å². The van der Waals surface area contributed by atoms with Crippen LogP contribution in [0.4, 0.5) is 5.69 Å². The Morgan fingerprint density at radius 1 is 0.828 bits per heavy atom. The van der Waals surface area contributed by atoms with Crippen molar-refractivity contribution < 1.29 is 19.1 Å². The first kappa shape index (κ1) is 19.2. The molecule has 3 aromatic rings. The smallest absolute Gasteiger partial charge is 0.338 e. The van der Waals surface area contributed by atoms with Gasteiger partial charge in [-0.3, -0.25) is 9.59 Å². The highest BCUT2D eigenvalue weighted by molar-refractivity contribution is 6.42. The van der Waals surface area contributed by atoms with E-state index in [1.54, 1.807) is 42.5 Å². The molecule has 2 amide bonds. The van der Waals surface area contributed by atoms with Crippen LogP contribution in [0.15, 0.2) is 66.7 Å². The summed E-state index contributed by atoms with van der Waals surface area (Å²) in [6.07, 6.45) is 0. The van der Waals surface area contributed by atoms with Gasteiger partial charge in [0, 0.05) is 0 Å². The number of halogens is 2. The Bertz CT molecular complexity index is 1110. The molecule has 0 fully saturated rings. The minimum Gasteiger partial charge on any atom is -0.457 e. The van der Waals surface area contributed by atoms with Crippen LogP contribution in [0.3, 0.4) is 0 Å². The molecule has 0 saturated heterocycles. The summed E-state index contributed by atoms with van der Waals surface area (Å²) >= 11 is 11.8. The summed E-state index contributed by atoms with van der Waals surface area (Å²) in [5.74, 6) is -1.31. The molecule has 1 aliphatic rings. The summed E-state index contributed by atoms with van der Waals surface area (Å²) in [6, 6.07) is 17.7. The van der Waals surface area contributed by atoms with Gasteiger partial charge in [0.1, 0.15) is 6.61 Å². The van der Waals surface area contributed by atoms with Crippen molar-refractivity contribution >= 4 is 46.7 Å². The Hall–Kier alpha value is -3.15. The molecule has 0 atom stereocenters. The molecule has 1 aliphatic heterocycles. The number of carbonyl (C=O) groups excluding carboxylic acids is 3. The molecule has 3 aromatic carbocycles. The first-order valence-corrected chi connectivity index (χ1v) is 9.40. The monoisotopic (exact) mass is 425 g/mol. The number of anilines is 1.